The molecule has 0 aromatic carbocycles. The van der Waals surface area contributed by atoms with Crippen molar-refractivity contribution in [2.24, 2.45) is 16.3 Å². The number of ether oxygens (including phenoxy) is 1. The molecule has 0 spiro atoms. The maximum absolute atomic E-state index is 11.9. The summed E-state index contributed by atoms with van der Waals surface area (Å²) in [4.78, 5) is 38.5. The lowest BCUT2D eigenvalue weighted by atomic mass is 9.74. The fourth-order valence-corrected chi connectivity index (χ4v) is 2.50. The van der Waals surface area contributed by atoms with E-state index in [1.54, 1.807) is 25.2 Å². The van der Waals surface area contributed by atoms with Crippen molar-refractivity contribution in [3.05, 3.63) is 35.6 Å². The zero-order valence-electron chi connectivity index (χ0n) is 13.7. The lowest BCUT2D eigenvalue weighted by molar-refractivity contribution is -0.152. The molecule has 1 heterocycles. The number of carbonyl (C=O) groups is 3. The summed E-state index contributed by atoms with van der Waals surface area (Å²) in [5.74, 6) is -2.22. The Kier molecular flexibility index (Phi) is 4.63. The molecule has 6 heteroatoms. The molecule has 1 N–H and O–H groups in total. The molecule has 0 radical (unpaired) electrons. The van der Waals surface area contributed by atoms with E-state index in [1.165, 1.54) is 0 Å². The summed E-state index contributed by atoms with van der Waals surface area (Å²) >= 11 is 0. The van der Waals surface area contributed by atoms with E-state index in [9.17, 15) is 14.4 Å². The Bertz CT molecular complexity index is 675. The third-order valence-electron chi connectivity index (χ3n) is 3.53. The average Bonchev–Trinajstić information content (AvgIpc) is 2.45. The zero-order chi connectivity index (χ0) is 17.2. The predicted molar refractivity (Wildman–Crippen MR) is 85.5 cm³/mol. The molecule has 23 heavy (non-hydrogen) atoms. The average molecular weight is 316 g/mol. The Hall–Kier alpha value is -2.50. The molecule has 0 saturated carbocycles. The molecule has 1 aliphatic heterocycles. The highest BCUT2D eigenvalue weighted by atomic mass is 16.5. The van der Waals surface area contributed by atoms with Gasteiger partial charge in [0.1, 0.15) is 0 Å². The first-order chi connectivity index (χ1) is 10.7. The van der Waals surface area contributed by atoms with Crippen LogP contribution in [-0.2, 0) is 19.1 Å². The van der Waals surface area contributed by atoms with E-state index in [2.05, 4.69) is 15.0 Å². The number of hydrogen-bond acceptors (Lipinski definition) is 4. The van der Waals surface area contributed by atoms with Gasteiger partial charge in [-0.15, -0.1) is 0 Å². The summed E-state index contributed by atoms with van der Waals surface area (Å²) < 4.78 is 4.61. The van der Waals surface area contributed by atoms with Crippen molar-refractivity contribution in [1.29, 1.82) is 0 Å². The summed E-state index contributed by atoms with van der Waals surface area (Å²) in [6.45, 7) is 7.85. The van der Waals surface area contributed by atoms with Crippen LogP contribution in [0, 0.1) is 11.3 Å². The third-order valence-corrected chi connectivity index (χ3v) is 3.53. The van der Waals surface area contributed by atoms with E-state index >= 15 is 0 Å². The first-order valence-electron chi connectivity index (χ1n) is 7.45. The second kappa shape index (κ2) is 6.32. The molecule has 122 valence electrons. The number of aliphatic imine (C=N–C) groups is 1. The number of hydrogen-bond donors (Lipinski definition) is 1. The van der Waals surface area contributed by atoms with Crippen molar-refractivity contribution in [2.75, 3.05) is 6.61 Å². The molecule has 2 aliphatic rings. The van der Waals surface area contributed by atoms with Gasteiger partial charge in [-0.2, -0.15) is 0 Å². The fourth-order valence-electron chi connectivity index (χ4n) is 2.50. The first kappa shape index (κ1) is 16.9. The van der Waals surface area contributed by atoms with Crippen LogP contribution < -0.4 is 5.32 Å². The van der Waals surface area contributed by atoms with Crippen molar-refractivity contribution < 1.29 is 19.1 Å². The number of allylic oxidation sites excluding steroid dienone is 3. The van der Waals surface area contributed by atoms with Gasteiger partial charge in [0.2, 0.25) is 5.91 Å². The van der Waals surface area contributed by atoms with Crippen LogP contribution in [0.1, 0.15) is 27.7 Å². The molecule has 2 rings (SSSR count). The van der Waals surface area contributed by atoms with Crippen molar-refractivity contribution in [2.45, 2.75) is 27.7 Å². The quantitative estimate of drug-likeness (QED) is 0.589. The van der Waals surface area contributed by atoms with Gasteiger partial charge >= 0.3 is 11.9 Å². The minimum atomic E-state index is -0.989. The van der Waals surface area contributed by atoms with E-state index in [0.717, 1.165) is 5.57 Å². The van der Waals surface area contributed by atoms with Gasteiger partial charge < -0.3 is 10.1 Å². The van der Waals surface area contributed by atoms with Gasteiger partial charge in [-0.25, -0.2) is 9.79 Å². The molecular weight excluding hydrogens is 296 g/mol. The number of nitrogens with one attached hydrogen (secondary N) is 1. The van der Waals surface area contributed by atoms with Crippen molar-refractivity contribution in [1.82, 2.24) is 5.32 Å². The molecule has 0 bridgehead atoms. The van der Waals surface area contributed by atoms with Crippen LogP contribution in [0.25, 0.3) is 0 Å². The number of amides is 2. The van der Waals surface area contributed by atoms with Crippen LogP contribution in [-0.4, -0.2) is 30.1 Å². The van der Waals surface area contributed by atoms with Gasteiger partial charge in [0.15, 0.2) is 0 Å². The van der Waals surface area contributed by atoms with Gasteiger partial charge in [0.05, 0.1) is 12.3 Å². The van der Waals surface area contributed by atoms with Crippen LogP contribution in [0.3, 0.4) is 0 Å². The third kappa shape index (κ3) is 3.83. The minimum absolute atomic E-state index is 0.0654. The van der Waals surface area contributed by atoms with Crippen LogP contribution in [0.4, 0.5) is 0 Å². The predicted octanol–water partition coefficient (Wildman–Crippen LogP) is 1.69. The molecule has 0 aromatic heterocycles. The summed E-state index contributed by atoms with van der Waals surface area (Å²) in [5, 5.41) is 2.76. The van der Waals surface area contributed by atoms with Gasteiger partial charge in [0, 0.05) is 17.7 Å². The number of rotatable bonds is 1. The Morgan fingerprint density at radius 1 is 1.30 bits per heavy atom. The monoisotopic (exact) mass is 316 g/mol. The molecule has 1 aliphatic carbocycles. The van der Waals surface area contributed by atoms with Crippen LogP contribution in [0.15, 0.2) is 40.6 Å². The summed E-state index contributed by atoms with van der Waals surface area (Å²) in [7, 11) is 0. The van der Waals surface area contributed by atoms with Crippen LogP contribution >= 0.6 is 0 Å². The van der Waals surface area contributed by atoms with Crippen molar-refractivity contribution in [3.8, 4) is 0 Å². The van der Waals surface area contributed by atoms with Crippen LogP contribution in [0.2, 0.25) is 0 Å². The highest BCUT2D eigenvalue weighted by Gasteiger charge is 2.32. The molecule has 1 unspecified atom stereocenters. The smallest absolute Gasteiger partial charge is 0.399 e. The molecular formula is C17H20N2O4. The second-order valence-electron chi connectivity index (χ2n) is 6.34. The summed E-state index contributed by atoms with van der Waals surface area (Å²) in [6, 6.07) is 0. The van der Waals surface area contributed by atoms with Crippen LogP contribution in [0.5, 0.6) is 0 Å². The van der Waals surface area contributed by atoms with Gasteiger partial charge in [0.25, 0.3) is 0 Å². The Morgan fingerprint density at radius 3 is 2.61 bits per heavy atom. The largest absolute Gasteiger partial charge is 0.459 e. The SMILES string of the molecule is CCOC(=O)C(=O)N=C1C=CC2C(=C1)NC(=O)C=C2C(C)(C)C. The molecule has 6 nitrogen and oxygen atoms in total. The zero-order valence-corrected chi connectivity index (χ0v) is 13.7. The minimum Gasteiger partial charge on any atom is -0.459 e. The first-order valence-corrected chi connectivity index (χ1v) is 7.45. The number of esters is 1. The summed E-state index contributed by atoms with van der Waals surface area (Å²) in [5.41, 5.74) is 1.78. The van der Waals surface area contributed by atoms with E-state index in [-0.39, 0.29) is 23.8 Å². The van der Waals surface area contributed by atoms with E-state index in [4.69, 9.17) is 0 Å². The highest BCUT2D eigenvalue weighted by Crippen LogP contribution is 2.38. The van der Waals surface area contributed by atoms with E-state index < -0.39 is 11.9 Å². The van der Waals surface area contributed by atoms with Gasteiger partial charge in [-0.1, -0.05) is 26.8 Å². The molecule has 1 atom stereocenters. The number of nitrogens with zero attached hydrogens (tertiary/aromatic N) is 1. The Balaban J connectivity index is 2.28. The molecule has 0 saturated heterocycles. The van der Waals surface area contributed by atoms with E-state index in [1.807, 2.05) is 26.8 Å². The molecule has 0 fully saturated rings. The number of fused-ring (bicyclic) bond motifs is 1. The molecule has 2 amide bonds. The second-order valence-corrected chi connectivity index (χ2v) is 6.34. The Labute approximate surface area is 135 Å². The fraction of sp³-hybridized carbons (Fsp3) is 0.412. The standard InChI is InChI=1S/C17H20N2O4/c1-5-23-16(22)15(21)18-10-6-7-11-12(17(2,3)4)9-14(20)19-13(11)8-10/h6-9,11H,5H2,1-4H3,(H,19,20). The van der Waals surface area contributed by atoms with Gasteiger partial charge in [-0.3, -0.25) is 9.59 Å². The Morgan fingerprint density at radius 2 is 2.00 bits per heavy atom. The number of carbonyl (C=O) groups excluding carboxylic acids is 3. The lowest BCUT2D eigenvalue weighted by Gasteiger charge is -2.34. The summed E-state index contributed by atoms with van der Waals surface area (Å²) in [6.07, 6.45) is 6.75. The maximum atomic E-state index is 11.9. The highest BCUT2D eigenvalue weighted by molar-refractivity contribution is 6.36. The normalized spacial score (nSPS) is 22.0. The van der Waals surface area contributed by atoms with Crippen molar-refractivity contribution in [3.63, 3.8) is 0 Å². The lowest BCUT2D eigenvalue weighted by Crippen LogP contribution is -2.36. The molecule has 0 aromatic rings. The van der Waals surface area contributed by atoms with Gasteiger partial charge in [-0.05, 0) is 30.1 Å². The van der Waals surface area contributed by atoms with Crippen molar-refractivity contribution >= 4 is 23.5 Å². The topological polar surface area (TPSA) is 84.8 Å². The van der Waals surface area contributed by atoms with E-state index in [0.29, 0.717) is 11.4 Å². The maximum Gasteiger partial charge on any atom is 0.399 e.